The van der Waals surface area contributed by atoms with Gasteiger partial charge in [-0.1, -0.05) is 30.3 Å². The molecule has 22 heavy (non-hydrogen) atoms. The van der Waals surface area contributed by atoms with Gasteiger partial charge in [-0.3, -0.25) is 4.79 Å². The molecule has 5 heteroatoms. The summed E-state index contributed by atoms with van der Waals surface area (Å²) < 4.78 is 0. The number of carbonyl (C=O) groups is 1. The van der Waals surface area contributed by atoms with Crippen LogP contribution >= 0.6 is 11.3 Å². The van der Waals surface area contributed by atoms with E-state index in [-0.39, 0.29) is 5.92 Å². The first-order valence-electron chi connectivity index (χ1n) is 7.68. The molecule has 1 saturated carbocycles. The summed E-state index contributed by atoms with van der Waals surface area (Å²) in [6.07, 6.45) is 5.39. The third-order valence-corrected chi connectivity index (χ3v) is 5.26. The predicted octanol–water partition coefficient (Wildman–Crippen LogP) is 3.54. The Kier molecular flexibility index (Phi) is 4.85. The number of nitrogens with one attached hydrogen (secondary N) is 1. The van der Waals surface area contributed by atoms with Crippen LogP contribution in [-0.4, -0.2) is 22.1 Å². The zero-order chi connectivity index (χ0) is 15.4. The Morgan fingerprint density at radius 2 is 1.95 bits per heavy atom. The summed E-state index contributed by atoms with van der Waals surface area (Å²) in [5.74, 6) is -0.792. The minimum atomic E-state index is -0.645. The number of hydrogen-bond donors (Lipinski definition) is 2. The lowest BCUT2D eigenvalue weighted by Gasteiger charge is -2.26. The monoisotopic (exact) mass is 316 g/mol. The Morgan fingerprint density at radius 3 is 2.64 bits per heavy atom. The third kappa shape index (κ3) is 3.72. The lowest BCUT2D eigenvalue weighted by atomic mass is 9.86. The maximum absolute atomic E-state index is 11.0. The Balaban J connectivity index is 1.51. The van der Waals surface area contributed by atoms with Crippen LogP contribution in [0, 0.1) is 5.92 Å². The van der Waals surface area contributed by atoms with Crippen LogP contribution in [0.4, 0.5) is 0 Å². The average Bonchev–Trinajstić information content (AvgIpc) is 3.03. The van der Waals surface area contributed by atoms with Crippen LogP contribution in [-0.2, 0) is 11.3 Å². The molecule has 0 unspecified atom stereocenters. The second kappa shape index (κ2) is 7.03. The van der Waals surface area contributed by atoms with Gasteiger partial charge in [0.15, 0.2) is 0 Å². The number of thiazole rings is 1. The highest BCUT2D eigenvalue weighted by Gasteiger charge is 2.25. The fourth-order valence-corrected chi connectivity index (χ4v) is 3.76. The van der Waals surface area contributed by atoms with Crippen molar-refractivity contribution >= 4 is 17.3 Å². The lowest BCUT2D eigenvalue weighted by molar-refractivity contribution is -0.142. The van der Waals surface area contributed by atoms with Crippen LogP contribution in [0.15, 0.2) is 36.5 Å². The van der Waals surface area contributed by atoms with Gasteiger partial charge in [0, 0.05) is 29.2 Å². The Labute approximate surface area is 134 Å². The van der Waals surface area contributed by atoms with Crippen LogP contribution in [0.3, 0.4) is 0 Å². The van der Waals surface area contributed by atoms with E-state index in [1.807, 2.05) is 24.4 Å². The molecule has 0 bridgehead atoms. The maximum Gasteiger partial charge on any atom is 0.306 e. The second-order valence-corrected chi connectivity index (χ2v) is 6.88. The van der Waals surface area contributed by atoms with Crippen LogP contribution < -0.4 is 5.32 Å². The highest BCUT2D eigenvalue weighted by atomic mass is 32.1. The number of rotatable bonds is 5. The van der Waals surface area contributed by atoms with Gasteiger partial charge in [0.1, 0.15) is 5.01 Å². The fourth-order valence-electron chi connectivity index (χ4n) is 2.89. The molecule has 0 spiro atoms. The van der Waals surface area contributed by atoms with Gasteiger partial charge in [0.25, 0.3) is 0 Å². The number of hydrogen-bond acceptors (Lipinski definition) is 4. The summed E-state index contributed by atoms with van der Waals surface area (Å²) in [5, 5.41) is 13.6. The molecule has 3 rings (SSSR count). The molecule has 2 aromatic rings. The van der Waals surface area contributed by atoms with E-state index in [0.717, 1.165) is 42.8 Å². The van der Waals surface area contributed by atoms with E-state index >= 15 is 0 Å². The first kappa shape index (κ1) is 15.2. The average molecular weight is 316 g/mol. The second-order valence-electron chi connectivity index (χ2n) is 5.77. The van der Waals surface area contributed by atoms with Crippen molar-refractivity contribution in [3.63, 3.8) is 0 Å². The highest BCUT2D eigenvalue weighted by molar-refractivity contribution is 7.15. The van der Waals surface area contributed by atoms with Gasteiger partial charge >= 0.3 is 5.97 Å². The Bertz CT molecular complexity index is 619. The summed E-state index contributed by atoms with van der Waals surface area (Å²) >= 11 is 1.71. The number of aromatic nitrogens is 1. The van der Waals surface area contributed by atoms with E-state index in [1.54, 1.807) is 11.3 Å². The lowest BCUT2D eigenvalue weighted by Crippen LogP contribution is -2.34. The number of carboxylic acid groups (broad SMARTS) is 1. The number of benzene rings is 1. The minimum absolute atomic E-state index is 0.147. The molecular weight excluding hydrogens is 296 g/mol. The SMILES string of the molecule is O=C(O)C1CCC(NCc2cnc(-c3ccccc3)s2)CC1. The predicted molar refractivity (Wildman–Crippen MR) is 87.8 cm³/mol. The minimum Gasteiger partial charge on any atom is -0.481 e. The molecule has 1 aromatic carbocycles. The molecule has 1 aliphatic carbocycles. The zero-order valence-corrected chi connectivity index (χ0v) is 13.2. The van der Waals surface area contributed by atoms with Crippen molar-refractivity contribution < 1.29 is 9.90 Å². The van der Waals surface area contributed by atoms with Gasteiger partial charge in [-0.25, -0.2) is 4.98 Å². The Morgan fingerprint density at radius 1 is 1.23 bits per heavy atom. The van der Waals surface area contributed by atoms with Gasteiger partial charge in [0.05, 0.1) is 5.92 Å². The third-order valence-electron chi connectivity index (χ3n) is 4.22. The molecule has 1 aliphatic rings. The molecule has 2 N–H and O–H groups in total. The first-order valence-corrected chi connectivity index (χ1v) is 8.50. The molecule has 1 fully saturated rings. The van der Waals surface area contributed by atoms with Gasteiger partial charge in [0.2, 0.25) is 0 Å². The van der Waals surface area contributed by atoms with Crippen molar-refractivity contribution in [3.05, 3.63) is 41.4 Å². The number of carboxylic acids is 1. The van der Waals surface area contributed by atoms with Crippen molar-refractivity contribution in [1.82, 2.24) is 10.3 Å². The molecule has 1 heterocycles. The van der Waals surface area contributed by atoms with Crippen molar-refractivity contribution in [3.8, 4) is 10.6 Å². The summed E-state index contributed by atoms with van der Waals surface area (Å²) in [7, 11) is 0. The zero-order valence-electron chi connectivity index (χ0n) is 12.4. The smallest absolute Gasteiger partial charge is 0.306 e. The highest BCUT2D eigenvalue weighted by Crippen LogP contribution is 2.27. The van der Waals surface area contributed by atoms with Crippen molar-refractivity contribution in [2.24, 2.45) is 5.92 Å². The van der Waals surface area contributed by atoms with Crippen LogP contribution in [0.1, 0.15) is 30.6 Å². The summed E-state index contributed by atoms with van der Waals surface area (Å²) in [4.78, 5) is 16.7. The first-order chi connectivity index (χ1) is 10.7. The van der Waals surface area contributed by atoms with Gasteiger partial charge in [-0.15, -0.1) is 11.3 Å². The van der Waals surface area contributed by atoms with E-state index in [2.05, 4.69) is 22.4 Å². The molecule has 0 aliphatic heterocycles. The Hall–Kier alpha value is -1.72. The van der Waals surface area contributed by atoms with Gasteiger partial charge in [-0.2, -0.15) is 0 Å². The van der Waals surface area contributed by atoms with Gasteiger partial charge < -0.3 is 10.4 Å². The van der Waals surface area contributed by atoms with Crippen molar-refractivity contribution in [1.29, 1.82) is 0 Å². The van der Waals surface area contributed by atoms with Crippen molar-refractivity contribution in [2.75, 3.05) is 0 Å². The largest absolute Gasteiger partial charge is 0.481 e. The van der Waals surface area contributed by atoms with Crippen molar-refractivity contribution in [2.45, 2.75) is 38.3 Å². The quantitative estimate of drug-likeness (QED) is 0.885. The van der Waals surface area contributed by atoms with Crippen LogP contribution in [0.5, 0.6) is 0 Å². The molecule has 0 saturated heterocycles. The summed E-state index contributed by atoms with van der Waals surface area (Å²) in [5.41, 5.74) is 1.15. The molecular formula is C17H20N2O2S. The molecule has 116 valence electrons. The molecule has 1 aromatic heterocycles. The molecule has 0 atom stereocenters. The van der Waals surface area contributed by atoms with Gasteiger partial charge in [-0.05, 0) is 25.7 Å². The topological polar surface area (TPSA) is 62.2 Å². The summed E-state index contributed by atoms with van der Waals surface area (Å²) in [6.45, 7) is 0.812. The van der Waals surface area contributed by atoms with E-state index in [9.17, 15) is 4.79 Å². The normalized spacial score (nSPS) is 21.6. The number of nitrogens with zero attached hydrogens (tertiary/aromatic N) is 1. The van der Waals surface area contributed by atoms with E-state index in [1.165, 1.54) is 4.88 Å². The van der Waals surface area contributed by atoms with E-state index in [0.29, 0.717) is 6.04 Å². The van der Waals surface area contributed by atoms with Crippen LogP contribution in [0.25, 0.3) is 10.6 Å². The maximum atomic E-state index is 11.0. The summed E-state index contributed by atoms with van der Waals surface area (Å²) in [6, 6.07) is 10.6. The standard InChI is InChI=1S/C17H20N2O2S/c20-17(21)13-6-8-14(9-7-13)18-10-15-11-19-16(22-15)12-4-2-1-3-5-12/h1-5,11,13-14,18H,6-10H2,(H,20,21). The molecule has 0 amide bonds. The van der Waals surface area contributed by atoms with Crippen LogP contribution in [0.2, 0.25) is 0 Å². The number of aliphatic carboxylic acids is 1. The van der Waals surface area contributed by atoms with E-state index < -0.39 is 5.97 Å². The molecule has 4 nitrogen and oxygen atoms in total. The molecule has 0 radical (unpaired) electrons. The van der Waals surface area contributed by atoms with E-state index in [4.69, 9.17) is 5.11 Å². The fraction of sp³-hybridized carbons (Fsp3) is 0.412.